The molecule has 1 unspecified atom stereocenters. The lowest BCUT2D eigenvalue weighted by Gasteiger charge is -2.26. The quantitative estimate of drug-likeness (QED) is 0.232. The van der Waals surface area contributed by atoms with Crippen LogP contribution in [0.4, 0.5) is 5.69 Å². The van der Waals surface area contributed by atoms with E-state index in [1.807, 2.05) is 30.3 Å². The number of methoxy groups -OCH3 is 1. The number of halogens is 1. The number of benzene rings is 2. The van der Waals surface area contributed by atoms with Crippen LogP contribution in [0.15, 0.2) is 76.9 Å². The summed E-state index contributed by atoms with van der Waals surface area (Å²) in [4.78, 5) is 34.6. The van der Waals surface area contributed by atoms with Gasteiger partial charge >= 0.3 is 0 Å². The molecule has 0 bridgehead atoms. The largest absolute Gasteiger partial charge is 0.507 e. The molecule has 2 heterocycles. The van der Waals surface area contributed by atoms with E-state index in [9.17, 15) is 14.7 Å². The molecule has 36 heavy (non-hydrogen) atoms. The van der Waals surface area contributed by atoms with Gasteiger partial charge in [0, 0.05) is 30.5 Å². The Morgan fingerprint density at radius 1 is 1.08 bits per heavy atom. The highest BCUT2D eigenvalue weighted by atomic mass is 79.9. The monoisotopic (exact) mass is 549 g/mol. The number of aliphatic hydroxyl groups excluding tert-OH is 1. The zero-order valence-electron chi connectivity index (χ0n) is 20.4. The Balaban J connectivity index is 1.84. The summed E-state index contributed by atoms with van der Waals surface area (Å²) in [6.45, 7) is 6.04. The number of nitrogens with zero attached hydrogens (tertiary/aromatic N) is 3. The normalized spacial score (nSPS) is 16.9. The summed E-state index contributed by atoms with van der Waals surface area (Å²) in [5.41, 5.74) is 2.88. The first-order valence-corrected chi connectivity index (χ1v) is 12.6. The number of anilines is 1. The first-order valence-electron chi connectivity index (χ1n) is 11.8. The van der Waals surface area contributed by atoms with Crippen LogP contribution in [0, 0.1) is 0 Å². The van der Waals surface area contributed by atoms with Crippen molar-refractivity contribution in [3.05, 3.63) is 93.7 Å². The van der Waals surface area contributed by atoms with Gasteiger partial charge in [-0.05, 0) is 77.8 Å². The van der Waals surface area contributed by atoms with Crippen LogP contribution in [-0.4, -0.2) is 46.9 Å². The third-order valence-corrected chi connectivity index (χ3v) is 6.98. The highest BCUT2D eigenvalue weighted by Crippen LogP contribution is 2.41. The highest BCUT2D eigenvalue weighted by Gasteiger charge is 2.46. The lowest BCUT2D eigenvalue weighted by atomic mass is 9.95. The van der Waals surface area contributed by atoms with Crippen molar-refractivity contribution in [2.75, 3.05) is 25.1 Å². The number of ketones is 1. The molecule has 1 aliphatic heterocycles. The van der Waals surface area contributed by atoms with Gasteiger partial charge in [-0.2, -0.15) is 0 Å². The number of carbonyl (C=O) groups excluding carboxylic acids is 2. The first kappa shape index (κ1) is 25.4. The Hall–Kier alpha value is -3.65. The molecule has 0 aliphatic carbocycles. The number of aliphatic hydroxyl groups is 1. The minimum Gasteiger partial charge on any atom is -0.507 e. The number of ether oxygens (including phenoxy) is 1. The van der Waals surface area contributed by atoms with E-state index in [0.717, 1.165) is 24.3 Å². The second-order valence-electron chi connectivity index (χ2n) is 8.36. The third-order valence-electron chi connectivity index (χ3n) is 6.36. The van der Waals surface area contributed by atoms with Crippen LogP contribution < -0.4 is 9.64 Å². The first-order chi connectivity index (χ1) is 17.4. The van der Waals surface area contributed by atoms with E-state index in [1.165, 1.54) is 4.90 Å². The summed E-state index contributed by atoms with van der Waals surface area (Å²) in [5, 5.41) is 11.3. The van der Waals surface area contributed by atoms with Crippen LogP contribution >= 0.6 is 15.9 Å². The molecule has 0 saturated carbocycles. The molecule has 4 rings (SSSR count). The number of aromatic nitrogens is 1. The number of rotatable bonds is 8. The molecule has 0 radical (unpaired) electrons. The molecule has 7 nitrogen and oxygen atoms in total. The molecule has 0 spiro atoms. The number of hydrogen-bond acceptors (Lipinski definition) is 6. The maximum absolute atomic E-state index is 13.3. The highest BCUT2D eigenvalue weighted by molar-refractivity contribution is 9.10. The van der Waals surface area contributed by atoms with Gasteiger partial charge in [-0.3, -0.25) is 14.6 Å². The zero-order valence-corrected chi connectivity index (χ0v) is 22.0. The SMILES string of the molecule is CCN(CC)c1ccc(C2/C(=C(/O)c3ccc(OC)c(Br)c3)C(=O)C(=O)N2Cc2ccccn2)cc1. The number of pyridine rings is 1. The average molecular weight is 550 g/mol. The summed E-state index contributed by atoms with van der Waals surface area (Å²) < 4.78 is 5.90. The number of likely N-dealkylation sites (tertiary alicyclic amines) is 1. The summed E-state index contributed by atoms with van der Waals surface area (Å²) >= 11 is 3.43. The van der Waals surface area contributed by atoms with Gasteiger partial charge in [0.2, 0.25) is 0 Å². The van der Waals surface area contributed by atoms with Crippen LogP contribution in [0.1, 0.15) is 36.7 Å². The fraction of sp³-hybridized carbons (Fsp3) is 0.250. The van der Waals surface area contributed by atoms with Crippen LogP contribution in [0.2, 0.25) is 0 Å². The van der Waals surface area contributed by atoms with Crippen molar-refractivity contribution in [3.63, 3.8) is 0 Å². The van der Waals surface area contributed by atoms with E-state index in [0.29, 0.717) is 21.5 Å². The number of Topliss-reactive ketones (excluding diaryl/α,β-unsaturated/α-hetero) is 1. The van der Waals surface area contributed by atoms with Crippen molar-refractivity contribution < 1.29 is 19.4 Å². The van der Waals surface area contributed by atoms with Crippen LogP contribution in [-0.2, 0) is 16.1 Å². The van der Waals surface area contributed by atoms with Crippen LogP contribution in [0.3, 0.4) is 0 Å². The molecule has 1 amide bonds. The Bertz CT molecular complexity index is 1290. The maximum Gasteiger partial charge on any atom is 0.296 e. The van der Waals surface area contributed by atoms with E-state index < -0.39 is 17.7 Å². The Labute approximate surface area is 219 Å². The van der Waals surface area contributed by atoms with Gasteiger partial charge in [0.25, 0.3) is 11.7 Å². The minimum absolute atomic E-state index is 0.0450. The number of hydrogen-bond donors (Lipinski definition) is 1. The lowest BCUT2D eigenvalue weighted by molar-refractivity contribution is -0.140. The van der Waals surface area contributed by atoms with Crippen molar-refractivity contribution >= 4 is 39.1 Å². The molecule has 1 atom stereocenters. The Kier molecular flexibility index (Phi) is 7.74. The predicted octanol–water partition coefficient (Wildman–Crippen LogP) is 5.32. The molecular weight excluding hydrogens is 522 g/mol. The summed E-state index contributed by atoms with van der Waals surface area (Å²) in [6.07, 6.45) is 1.65. The van der Waals surface area contributed by atoms with Gasteiger partial charge < -0.3 is 19.6 Å². The second kappa shape index (κ2) is 11.0. The van der Waals surface area contributed by atoms with Crippen molar-refractivity contribution in [1.29, 1.82) is 0 Å². The van der Waals surface area contributed by atoms with Crippen molar-refractivity contribution in [2.24, 2.45) is 0 Å². The van der Waals surface area contributed by atoms with Crippen molar-refractivity contribution in [2.45, 2.75) is 26.4 Å². The molecular formula is C28H28BrN3O4. The Morgan fingerprint density at radius 2 is 1.81 bits per heavy atom. The Morgan fingerprint density at radius 3 is 2.39 bits per heavy atom. The second-order valence-corrected chi connectivity index (χ2v) is 9.22. The molecule has 8 heteroatoms. The van der Waals surface area contributed by atoms with E-state index in [4.69, 9.17) is 4.74 Å². The summed E-state index contributed by atoms with van der Waals surface area (Å²) in [5.74, 6) is -1.05. The van der Waals surface area contributed by atoms with Crippen LogP contribution in [0.5, 0.6) is 5.75 Å². The van der Waals surface area contributed by atoms with Crippen molar-refractivity contribution in [1.82, 2.24) is 9.88 Å². The van der Waals surface area contributed by atoms with E-state index in [2.05, 4.69) is 39.7 Å². The van der Waals surface area contributed by atoms with Gasteiger partial charge in [-0.25, -0.2) is 0 Å². The summed E-state index contributed by atoms with van der Waals surface area (Å²) in [7, 11) is 1.55. The minimum atomic E-state index is -0.765. The molecule has 1 aliphatic rings. The molecule has 1 fully saturated rings. The van der Waals surface area contributed by atoms with Gasteiger partial charge in [0.15, 0.2) is 0 Å². The van der Waals surface area contributed by atoms with Gasteiger partial charge in [-0.1, -0.05) is 18.2 Å². The summed E-state index contributed by atoms with van der Waals surface area (Å²) in [6, 6.07) is 17.5. The molecule has 3 aromatic rings. The van der Waals surface area contributed by atoms with Gasteiger partial charge in [0.1, 0.15) is 11.5 Å². The lowest BCUT2D eigenvalue weighted by Crippen LogP contribution is -2.29. The van der Waals surface area contributed by atoms with E-state index >= 15 is 0 Å². The molecule has 2 aromatic carbocycles. The fourth-order valence-corrected chi connectivity index (χ4v) is 5.02. The predicted molar refractivity (Wildman–Crippen MR) is 143 cm³/mol. The van der Waals surface area contributed by atoms with Gasteiger partial charge in [-0.15, -0.1) is 0 Å². The van der Waals surface area contributed by atoms with Crippen LogP contribution in [0.25, 0.3) is 5.76 Å². The molecule has 1 aromatic heterocycles. The van der Waals surface area contributed by atoms with Crippen molar-refractivity contribution in [3.8, 4) is 5.75 Å². The standard InChI is InChI=1S/C28H28BrN3O4/c1-4-31(5-2)21-12-9-18(10-13-21)25-24(26(33)19-11-14-23(36-3)22(29)16-19)27(34)28(35)32(25)17-20-8-6-7-15-30-20/h6-16,25,33H,4-5,17H2,1-3H3/b26-24-. The topological polar surface area (TPSA) is 83.0 Å². The smallest absolute Gasteiger partial charge is 0.296 e. The number of carbonyl (C=O) groups is 2. The maximum atomic E-state index is 13.3. The average Bonchev–Trinajstić information content (AvgIpc) is 3.15. The van der Waals surface area contributed by atoms with E-state index in [-0.39, 0.29) is 17.9 Å². The molecule has 1 N–H and O–H groups in total. The van der Waals surface area contributed by atoms with E-state index in [1.54, 1.807) is 43.6 Å². The number of amides is 1. The fourth-order valence-electron chi connectivity index (χ4n) is 4.48. The third kappa shape index (κ3) is 4.86. The zero-order chi connectivity index (χ0) is 25.8. The molecule has 1 saturated heterocycles. The molecule has 186 valence electrons. The van der Waals surface area contributed by atoms with Gasteiger partial charge in [0.05, 0.1) is 35.4 Å².